The number of rotatable bonds is 4. The number of halogens is 2. The topological polar surface area (TPSA) is 0 Å². The van der Waals surface area contributed by atoms with E-state index in [0.717, 1.165) is 16.5 Å². The van der Waals surface area contributed by atoms with Crippen LogP contribution in [0.15, 0.2) is 48.5 Å². The first-order valence-electron chi connectivity index (χ1n) is 6.62. The maximum atomic E-state index is 6.13. The molecule has 0 bridgehead atoms. The summed E-state index contributed by atoms with van der Waals surface area (Å²) in [5.74, 6) is 0.874. The Kier molecular flexibility index (Phi) is 4.90. The molecule has 1 atom stereocenters. The predicted molar refractivity (Wildman–Crippen MR) is 84.2 cm³/mol. The van der Waals surface area contributed by atoms with E-state index in [2.05, 4.69) is 38.1 Å². The maximum absolute atomic E-state index is 6.13. The van der Waals surface area contributed by atoms with Gasteiger partial charge in [0, 0.05) is 16.0 Å². The van der Waals surface area contributed by atoms with Crippen LogP contribution >= 0.6 is 23.2 Å². The SMILES string of the molecule is CC[C@H](C)C(c1cccc(Cl)c1)c1cccc(Cl)c1. The highest BCUT2D eigenvalue weighted by Gasteiger charge is 2.20. The molecular formula is C17H18Cl2. The lowest BCUT2D eigenvalue weighted by Gasteiger charge is -2.24. The molecule has 19 heavy (non-hydrogen) atoms. The summed E-state index contributed by atoms with van der Waals surface area (Å²) in [7, 11) is 0. The van der Waals surface area contributed by atoms with Crippen molar-refractivity contribution in [2.75, 3.05) is 0 Å². The van der Waals surface area contributed by atoms with Gasteiger partial charge in [-0.05, 0) is 41.3 Å². The molecule has 0 unspecified atom stereocenters. The molecule has 0 nitrogen and oxygen atoms in total. The molecule has 0 aromatic heterocycles. The van der Waals surface area contributed by atoms with E-state index in [-0.39, 0.29) is 0 Å². The summed E-state index contributed by atoms with van der Waals surface area (Å²) in [4.78, 5) is 0. The first-order chi connectivity index (χ1) is 9.11. The zero-order valence-electron chi connectivity index (χ0n) is 11.2. The molecule has 0 aliphatic rings. The van der Waals surface area contributed by atoms with Gasteiger partial charge in [0.15, 0.2) is 0 Å². The van der Waals surface area contributed by atoms with E-state index in [0.29, 0.717) is 11.8 Å². The molecule has 0 aliphatic heterocycles. The zero-order valence-corrected chi connectivity index (χ0v) is 12.7. The van der Waals surface area contributed by atoms with Crippen LogP contribution in [0, 0.1) is 5.92 Å². The fraction of sp³-hybridized carbons (Fsp3) is 0.294. The second-order valence-electron chi connectivity index (χ2n) is 4.97. The van der Waals surface area contributed by atoms with Gasteiger partial charge >= 0.3 is 0 Å². The number of hydrogen-bond donors (Lipinski definition) is 0. The summed E-state index contributed by atoms with van der Waals surface area (Å²) in [5, 5.41) is 1.57. The Hall–Kier alpha value is -0.980. The van der Waals surface area contributed by atoms with Crippen molar-refractivity contribution in [3.63, 3.8) is 0 Å². The summed E-state index contributed by atoms with van der Waals surface area (Å²) in [6.07, 6.45) is 1.11. The Morgan fingerprint density at radius 1 is 0.895 bits per heavy atom. The molecule has 2 heteroatoms. The van der Waals surface area contributed by atoms with Crippen LogP contribution in [-0.4, -0.2) is 0 Å². The van der Waals surface area contributed by atoms with E-state index in [1.54, 1.807) is 0 Å². The average molecular weight is 293 g/mol. The van der Waals surface area contributed by atoms with Gasteiger partial charge in [-0.3, -0.25) is 0 Å². The summed E-state index contributed by atoms with van der Waals surface area (Å²) in [6, 6.07) is 16.2. The molecule has 2 aromatic carbocycles. The summed E-state index contributed by atoms with van der Waals surface area (Å²) in [6.45, 7) is 4.49. The molecule has 0 radical (unpaired) electrons. The van der Waals surface area contributed by atoms with Crippen molar-refractivity contribution < 1.29 is 0 Å². The molecule has 0 N–H and O–H groups in total. The van der Waals surface area contributed by atoms with E-state index in [4.69, 9.17) is 23.2 Å². The van der Waals surface area contributed by atoms with Crippen LogP contribution in [0.4, 0.5) is 0 Å². The number of benzene rings is 2. The molecule has 0 spiro atoms. The van der Waals surface area contributed by atoms with Crippen molar-refractivity contribution in [1.82, 2.24) is 0 Å². The second-order valence-corrected chi connectivity index (χ2v) is 5.85. The molecule has 0 amide bonds. The minimum Gasteiger partial charge on any atom is -0.0843 e. The highest BCUT2D eigenvalue weighted by atomic mass is 35.5. The van der Waals surface area contributed by atoms with E-state index in [9.17, 15) is 0 Å². The number of hydrogen-bond acceptors (Lipinski definition) is 0. The van der Waals surface area contributed by atoms with Crippen molar-refractivity contribution >= 4 is 23.2 Å². The second kappa shape index (κ2) is 6.45. The summed E-state index contributed by atoms with van der Waals surface area (Å²) in [5.41, 5.74) is 2.51. The Morgan fingerprint density at radius 2 is 1.37 bits per heavy atom. The maximum Gasteiger partial charge on any atom is 0.0408 e. The van der Waals surface area contributed by atoms with Crippen molar-refractivity contribution in [2.24, 2.45) is 5.92 Å². The third-order valence-corrected chi connectivity index (χ3v) is 4.10. The molecule has 0 fully saturated rings. The summed E-state index contributed by atoms with van der Waals surface area (Å²) >= 11 is 12.3. The van der Waals surface area contributed by atoms with Gasteiger partial charge in [-0.15, -0.1) is 0 Å². The Bertz CT molecular complexity index is 503. The normalized spacial score (nSPS) is 12.7. The predicted octanol–water partition coefficient (Wildman–Crippen LogP) is 6.17. The molecule has 0 saturated heterocycles. The van der Waals surface area contributed by atoms with E-state index in [1.165, 1.54) is 11.1 Å². The van der Waals surface area contributed by atoms with Crippen molar-refractivity contribution in [2.45, 2.75) is 26.2 Å². The van der Waals surface area contributed by atoms with Gasteiger partial charge in [0.05, 0.1) is 0 Å². The average Bonchev–Trinajstić information content (AvgIpc) is 2.39. The Labute approximate surface area is 125 Å². The molecule has 2 aromatic rings. The van der Waals surface area contributed by atoms with Gasteiger partial charge in [0.25, 0.3) is 0 Å². The highest BCUT2D eigenvalue weighted by molar-refractivity contribution is 6.31. The molecule has 100 valence electrons. The first-order valence-corrected chi connectivity index (χ1v) is 7.38. The van der Waals surface area contributed by atoms with Gasteiger partial charge < -0.3 is 0 Å². The van der Waals surface area contributed by atoms with Crippen LogP contribution in [0.1, 0.15) is 37.3 Å². The summed E-state index contributed by atoms with van der Waals surface area (Å²) < 4.78 is 0. The fourth-order valence-corrected chi connectivity index (χ4v) is 2.88. The lowest BCUT2D eigenvalue weighted by molar-refractivity contribution is 0.496. The van der Waals surface area contributed by atoms with Crippen LogP contribution in [0.3, 0.4) is 0 Å². The molecule has 0 aliphatic carbocycles. The van der Waals surface area contributed by atoms with Gasteiger partial charge in [-0.1, -0.05) is 67.7 Å². The van der Waals surface area contributed by atoms with Crippen molar-refractivity contribution in [3.8, 4) is 0 Å². The minimum absolute atomic E-state index is 0.336. The van der Waals surface area contributed by atoms with Crippen LogP contribution in [0.2, 0.25) is 10.0 Å². The molecular weight excluding hydrogens is 275 g/mol. The largest absolute Gasteiger partial charge is 0.0843 e. The monoisotopic (exact) mass is 292 g/mol. The Morgan fingerprint density at radius 3 is 1.74 bits per heavy atom. The third kappa shape index (κ3) is 3.52. The lowest BCUT2D eigenvalue weighted by Crippen LogP contribution is -2.10. The van der Waals surface area contributed by atoms with Gasteiger partial charge in [0.2, 0.25) is 0 Å². The van der Waals surface area contributed by atoms with Crippen LogP contribution in [0.25, 0.3) is 0 Å². The minimum atomic E-state index is 0.336. The van der Waals surface area contributed by atoms with Crippen molar-refractivity contribution in [1.29, 1.82) is 0 Å². The standard InChI is InChI=1S/C17H18Cl2/c1-3-12(2)17(13-6-4-8-15(18)10-13)14-7-5-9-16(19)11-14/h4-12,17H,3H2,1-2H3/t12-/m0/s1. The lowest BCUT2D eigenvalue weighted by atomic mass is 9.80. The third-order valence-electron chi connectivity index (χ3n) is 3.63. The van der Waals surface area contributed by atoms with Crippen molar-refractivity contribution in [3.05, 3.63) is 69.7 Å². The Balaban J connectivity index is 2.47. The molecule has 2 rings (SSSR count). The highest BCUT2D eigenvalue weighted by Crippen LogP contribution is 2.35. The smallest absolute Gasteiger partial charge is 0.0408 e. The quantitative estimate of drug-likeness (QED) is 0.632. The van der Waals surface area contributed by atoms with Gasteiger partial charge in [-0.25, -0.2) is 0 Å². The van der Waals surface area contributed by atoms with Crippen LogP contribution in [-0.2, 0) is 0 Å². The van der Waals surface area contributed by atoms with Crippen LogP contribution < -0.4 is 0 Å². The first kappa shape index (κ1) is 14.4. The van der Waals surface area contributed by atoms with E-state index in [1.807, 2.05) is 24.3 Å². The molecule has 0 saturated carbocycles. The van der Waals surface area contributed by atoms with E-state index < -0.39 is 0 Å². The van der Waals surface area contributed by atoms with Crippen LogP contribution in [0.5, 0.6) is 0 Å². The van der Waals surface area contributed by atoms with Gasteiger partial charge in [0.1, 0.15) is 0 Å². The zero-order chi connectivity index (χ0) is 13.8. The van der Waals surface area contributed by atoms with Gasteiger partial charge in [-0.2, -0.15) is 0 Å². The van der Waals surface area contributed by atoms with E-state index >= 15 is 0 Å². The fourth-order valence-electron chi connectivity index (χ4n) is 2.49. The molecule has 0 heterocycles.